The van der Waals surface area contributed by atoms with E-state index in [1.807, 2.05) is 35.2 Å². The quantitative estimate of drug-likeness (QED) is 0.864. The zero-order chi connectivity index (χ0) is 15.6. The molecule has 0 N–H and O–H groups in total. The molecule has 3 heterocycles. The van der Waals surface area contributed by atoms with Crippen molar-refractivity contribution in [3.05, 3.63) is 47.9 Å². The van der Waals surface area contributed by atoms with Crippen molar-refractivity contribution in [1.82, 2.24) is 20.1 Å². The van der Waals surface area contributed by atoms with Crippen molar-refractivity contribution in [3.63, 3.8) is 0 Å². The Bertz CT molecular complexity index is 676. The Morgan fingerprint density at radius 2 is 1.83 bits per heavy atom. The normalized spacial score (nSPS) is 18.1. The highest BCUT2D eigenvalue weighted by atomic mass is 16.2. The number of pyridine rings is 1. The molecule has 118 valence electrons. The molecule has 6 nitrogen and oxygen atoms in total. The fraction of sp³-hybridized carbons (Fsp3) is 0.412. The molecule has 2 aliphatic rings. The zero-order valence-electron chi connectivity index (χ0n) is 12.9. The van der Waals surface area contributed by atoms with E-state index in [4.69, 9.17) is 0 Å². The number of hydrogen-bond donors (Lipinski definition) is 0. The van der Waals surface area contributed by atoms with Crippen molar-refractivity contribution in [2.24, 2.45) is 0 Å². The second-order valence-corrected chi connectivity index (χ2v) is 6.08. The SMILES string of the molecule is O=C(c1ccc(C2CC2)nn1)N1CCN(c2ccccn2)CC1. The van der Waals surface area contributed by atoms with Gasteiger partial charge >= 0.3 is 0 Å². The van der Waals surface area contributed by atoms with Gasteiger partial charge < -0.3 is 9.80 Å². The van der Waals surface area contributed by atoms with Gasteiger partial charge in [0.2, 0.25) is 0 Å². The summed E-state index contributed by atoms with van der Waals surface area (Å²) in [6.45, 7) is 2.94. The lowest BCUT2D eigenvalue weighted by molar-refractivity contribution is 0.0739. The van der Waals surface area contributed by atoms with Gasteiger partial charge in [0.1, 0.15) is 5.82 Å². The maximum atomic E-state index is 12.5. The Labute approximate surface area is 135 Å². The largest absolute Gasteiger partial charge is 0.353 e. The van der Waals surface area contributed by atoms with Crippen molar-refractivity contribution in [1.29, 1.82) is 0 Å². The molecule has 6 heteroatoms. The van der Waals surface area contributed by atoms with E-state index in [2.05, 4.69) is 20.1 Å². The van der Waals surface area contributed by atoms with Gasteiger partial charge in [-0.15, -0.1) is 5.10 Å². The number of carbonyl (C=O) groups excluding carboxylic acids is 1. The molecule has 0 radical (unpaired) electrons. The van der Waals surface area contributed by atoms with E-state index in [-0.39, 0.29) is 5.91 Å². The van der Waals surface area contributed by atoms with E-state index in [0.29, 0.717) is 24.7 Å². The molecular formula is C17H19N5O. The van der Waals surface area contributed by atoms with Gasteiger partial charge in [0.15, 0.2) is 5.69 Å². The predicted octanol–water partition coefficient (Wildman–Crippen LogP) is 1.71. The third-order valence-corrected chi connectivity index (χ3v) is 4.44. The van der Waals surface area contributed by atoms with E-state index in [1.54, 1.807) is 6.20 Å². The molecule has 2 aromatic heterocycles. The van der Waals surface area contributed by atoms with Crippen LogP contribution in [0, 0.1) is 0 Å². The highest BCUT2D eigenvalue weighted by Crippen LogP contribution is 2.38. The van der Waals surface area contributed by atoms with E-state index < -0.39 is 0 Å². The van der Waals surface area contributed by atoms with E-state index in [1.165, 1.54) is 12.8 Å². The average Bonchev–Trinajstić information content (AvgIpc) is 3.47. The molecule has 0 aromatic carbocycles. The number of amides is 1. The van der Waals surface area contributed by atoms with Crippen LogP contribution in [0.15, 0.2) is 36.5 Å². The second-order valence-electron chi connectivity index (χ2n) is 6.08. The van der Waals surface area contributed by atoms with Crippen LogP contribution in [0.2, 0.25) is 0 Å². The first-order chi connectivity index (χ1) is 11.3. The minimum absolute atomic E-state index is 0.0273. The second kappa shape index (κ2) is 5.95. The molecule has 0 atom stereocenters. The molecule has 23 heavy (non-hydrogen) atoms. The molecule has 1 saturated heterocycles. The average molecular weight is 309 g/mol. The van der Waals surface area contributed by atoms with Crippen molar-refractivity contribution in [2.45, 2.75) is 18.8 Å². The molecule has 1 aliphatic carbocycles. The molecule has 1 aliphatic heterocycles. The Hall–Kier alpha value is -2.50. The number of aromatic nitrogens is 3. The standard InChI is InChI=1S/C17H19N5O/c23-17(15-7-6-14(19-20-15)13-4-5-13)22-11-9-21(10-12-22)16-3-1-2-8-18-16/h1-3,6-8,13H,4-5,9-12H2. The summed E-state index contributed by atoms with van der Waals surface area (Å²) in [7, 11) is 0. The Balaban J connectivity index is 1.38. The van der Waals surface area contributed by atoms with Gasteiger partial charge in [0, 0.05) is 38.3 Å². The minimum atomic E-state index is -0.0273. The van der Waals surface area contributed by atoms with Crippen molar-refractivity contribution in [3.8, 4) is 0 Å². The summed E-state index contributed by atoms with van der Waals surface area (Å²) in [5.41, 5.74) is 1.46. The van der Waals surface area contributed by atoms with Crippen LogP contribution in [-0.2, 0) is 0 Å². The van der Waals surface area contributed by atoms with Gasteiger partial charge in [-0.3, -0.25) is 4.79 Å². The molecular weight excluding hydrogens is 290 g/mol. The minimum Gasteiger partial charge on any atom is -0.353 e. The van der Waals surface area contributed by atoms with Crippen LogP contribution in [0.3, 0.4) is 0 Å². The zero-order valence-corrected chi connectivity index (χ0v) is 12.9. The van der Waals surface area contributed by atoms with Crippen molar-refractivity contribution >= 4 is 11.7 Å². The Morgan fingerprint density at radius 1 is 1.00 bits per heavy atom. The lowest BCUT2D eigenvalue weighted by Gasteiger charge is -2.35. The molecule has 0 unspecified atom stereocenters. The number of carbonyl (C=O) groups is 1. The van der Waals surface area contributed by atoms with Crippen molar-refractivity contribution in [2.75, 3.05) is 31.1 Å². The number of piperazine rings is 1. The molecule has 1 saturated carbocycles. The molecule has 4 rings (SSSR count). The predicted molar refractivity (Wildman–Crippen MR) is 86.4 cm³/mol. The first-order valence-corrected chi connectivity index (χ1v) is 8.10. The van der Waals surface area contributed by atoms with Gasteiger partial charge in [0.25, 0.3) is 5.91 Å². The first kappa shape index (κ1) is 14.1. The van der Waals surface area contributed by atoms with Crippen LogP contribution in [0.5, 0.6) is 0 Å². The van der Waals surface area contributed by atoms with Gasteiger partial charge in [-0.05, 0) is 37.1 Å². The van der Waals surface area contributed by atoms with Gasteiger partial charge in [-0.25, -0.2) is 4.98 Å². The van der Waals surface area contributed by atoms with Gasteiger partial charge in [-0.2, -0.15) is 5.10 Å². The smallest absolute Gasteiger partial charge is 0.274 e. The number of anilines is 1. The first-order valence-electron chi connectivity index (χ1n) is 8.10. The highest BCUT2D eigenvalue weighted by Gasteiger charge is 2.27. The molecule has 1 amide bonds. The van der Waals surface area contributed by atoms with Gasteiger partial charge in [-0.1, -0.05) is 6.07 Å². The number of nitrogens with zero attached hydrogens (tertiary/aromatic N) is 5. The summed E-state index contributed by atoms with van der Waals surface area (Å²) in [5, 5.41) is 8.33. The third-order valence-electron chi connectivity index (χ3n) is 4.44. The summed E-state index contributed by atoms with van der Waals surface area (Å²) in [5.74, 6) is 1.50. The fourth-order valence-corrected chi connectivity index (χ4v) is 2.89. The highest BCUT2D eigenvalue weighted by molar-refractivity contribution is 5.92. The molecule has 0 bridgehead atoms. The van der Waals surface area contributed by atoms with Crippen LogP contribution < -0.4 is 4.90 Å². The lowest BCUT2D eigenvalue weighted by atomic mass is 10.2. The van der Waals surface area contributed by atoms with E-state index in [0.717, 1.165) is 24.6 Å². The summed E-state index contributed by atoms with van der Waals surface area (Å²) >= 11 is 0. The number of hydrogen-bond acceptors (Lipinski definition) is 5. The summed E-state index contributed by atoms with van der Waals surface area (Å²) in [6.07, 6.45) is 4.18. The lowest BCUT2D eigenvalue weighted by Crippen LogP contribution is -2.49. The topological polar surface area (TPSA) is 62.2 Å². The number of rotatable bonds is 3. The van der Waals surface area contributed by atoms with E-state index >= 15 is 0 Å². The maximum absolute atomic E-state index is 12.5. The summed E-state index contributed by atoms with van der Waals surface area (Å²) < 4.78 is 0. The monoisotopic (exact) mass is 309 g/mol. The molecule has 2 fully saturated rings. The van der Waals surface area contributed by atoms with Crippen LogP contribution >= 0.6 is 0 Å². The fourth-order valence-electron chi connectivity index (χ4n) is 2.89. The maximum Gasteiger partial charge on any atom is 0.274 e. The van der Waals surface area contributed by atoms with E-state index in [9.17, 15) is 4.79 Å². The Kier molecular flexibility index (Phi) is 3.65. The van der Waals surface area contributed by atoms with Crippen LogP contribution in [0.25, 0.3) is 0 Å². The van der Waals surface area contributed by atoms with Crippen LogP contribution in [0.1, 0.15) is 34.9 Å². The van der Waals surface area contributed by atoms with Gasteiger partial charge in [0.05, 0.1) is 5.69 Å². The molecule has 2 aromatic rings. The van der Waals surface area contributed by atoms with Crippen LogP contribution in [0.4, 0.5) is 5.82 Å². The summed E-state index contributed by atoms with van der Waals surface area (Å²) in [6, 6.07) is 9.65. The molecule has 0 spiro atoms. The van der Waals surface area contributed by atoms with Crippen molar-refractivity contribution < 1.29 is 4.79 Å². The third kappa shape index (κ3) is 3.02. The Morgan fingerprint density at radius 3 is 2.43 bits per heavy atom. The summed E-state index contributed by atoms with van der Waals surface area (Å²) in [4.78, 5) is 20.9. The van der Waals surface area contributed by atoms with Crippen LogP contribution in [-0.4, -0.2) is 52.2 Å².